The normalized spacial score (nSPS) is 14.7. The predicted molar refractivity (Wildman–Crippen MR) is 104 cm³/mol. The lowest BCUT2D eigenvalue weighted by Crippen LogP contribution is -2.37. The van der Waals surface area contributed by atoms with Gasteiger partial charge in [0.05, 0.1) is 19.6 Å². The molecule has 144 valence electrons. The first-order valence-electron chi connectivity index (χ1n) is 9.05. The number of hydrogen-bond acceptors (Lipinski definition) is 8. The largest absolute Gasteiger partial charge is 0.497 e. The van der Waals surface area contributed by atoms with Crippen LogP contribution in [0.2, 0.25) is 0 Å². The van der Waals surface area contributed by atoms with Gasteiger partial charge in [0.25, 0.3) is 0 Å². The zero-order chi connectivity index (χ0) is 19.2. The highest BCUT2D eigenvalue weighted by Crippen LogP contribution is 2.31. The van der Waals surface area contributed by atoms with Gasteiger partial charge in [-0.2, -0.15) is 0 Å². The van der Waals surface area contributed by atoms with Crippen molar-refractivity contribution in [3.05, 3.63) is 30.6 Å². The van der Waals surface area contributed by atoms with Gasteiger partial charge in [0.1, 0.15) is 17.8 Å². The van der Waals surface area contributed by atoms with Gasteiger partial charge in [-0.25, -0.2) is 9.97 Å². The Balaban J connectivity index is 1.69. The van der Waals surface area contributed by atoms with Crippen molar-refractivity contribution in [2.24, 2.45) is 5.92 Å². The number of hydrogen-bond donors (Lipinski definition) is 2. The average Bonchev–Trinajstić information content (AvgIpc) is 2.70. The molecular formula is C19H25N5O3. The van der Waals surface area contributed by atoms with Gasteiger partial charge >= 0.3 is 5.97 Å². The van der Waals surface area contributed by atoms with E-state index in [-0.39, 0.29) is 11.9 Å². The van der Waals surface area contributed by atoms with Crippen LogP contribution in [-0.2, 0) is 9.53 Å². The smallest absolute Gasteiger partial charge is 0.309 e. The fourth-order valence-corrected chi connectivity index (χ4v) is 3.14. The summed E-state index contributed by atoms with van der Waals surface area (Å²) in [6.07, 6.45) is 2.95. The molecule has 0 aliphatic carbocycles. The molecule has 0 bridgehead atoms. The van der Waals surface area contributed by atoms with E-state index in [9.17, 15) is 4.79 Å². The lowest BCUT2D eigenvalue weighted by molar-refractivity contribution is -0.148. The minimum atomic E-state index is -0.116. The lowest BCUT2D eigenvalue weighted by Gasteiger charge is -2.32. The van der Waals surface area contributed by atoms with Crippen molar-refractivity contribution in [1.29, 1.82) is 0 Å². The van der Waals surface area contributed by atoms with Crippen molar-refractivity contribution >= 4 is 29.0 Å². The molecule has 3 rings (SSSR count). The summed E-state index contributed by atoms with van der Waals surface area (Å²) in [6.45, 7) is 3.64. The van der Waals surface area contributed by atoms with Gasteiger partial charge in [0.15, 0.2) is 11.6 Å². The number of piperidine rings is 1. The molecule has 1 fully saturated rings. The number of nitrogen functional groups attached to an aromatic ring is 1. The molecule has 1 aromatic carbocycles. The van der Waals surface area contributed by atoms with Crippen LogP contribution in [0.15, 0.2) is 30.6 Å². The van der Waals surface area contributed by atoms with Crippen molar-refractivity contribution in [2.45, 2.75) is 19.8 Å². The molecule has 0 saturated carbocycles. The number of benzene rings is 1. The number of esters is 1. The van der Waals surface area contributed by atoms with E-state index in [1.807, 2.05) is 31.2 Å². The zero-order valence-electron chi connectivity index (χ0n) is 15.6. The highest BCUT2D eigenvalue weighted by Gasteiger charge is 2.27. The molecule has 27 heavy (non-hydrogen) atoms. The van der Waals surface area contributed by atoms with Gasteiger partial charge in [-0.1, -0.05) is 0 Å². The second-order valence-electron chi connectivity index (χ2n) is 6.33. The van der Waals surface area contributed by atoms with Crippen molar-refractivity contribution in [3.63, 3.8) is 0 Å². The quantitative estimate of drug-likeness (QED) is 0.747. The minimum Gasteiger partial charge on any atom is -0.497 e. The maximum Gasteiger partial charge on any atom is 0.309 e. The van der Waals surface area contributed by atoms with E-state index in [4.69, 9.17) is 15.2 Å². The molecule has 0 spiro atoms. The first kappa shape index (κ1) is 18.8. The van der Waals surface area contributed by atoms with Crippen molar-refractivity contribution in [1.82, 2.24) is 9.97 Å². The van der Waals surface area contributed by atoms with Crippen LogP contribution in [0.25, 0.3) is 0 Å². The number of ether oxygens (including phenoxy) is 2. The Bertz CT molecular complexity index is 773. The van der Waals surface area contributed by atoms with Gasteiger partial charge in [-0.3, -0.25) is 4.79 Å². The summed E-state index contributed by atoms with van der Waals surface area (Å²) in [5.41, 5.74) is 7.66. The number of nitrogens with one attached hydrogen (secondary N) is 1. The Kier molecular flexibility index (Phi) is 5.95. The number of carbonyl (C=O) groups is 1. The Labute approximate surface area is 158 Å². The lowest BCUT2D eigenvalue weighted by atomic mass is 9.97. The number of aromatic nitrogens is 2. The zero-order valence-corrected chi connectivity index (χ0v) is 15.6. The summed E-state index contributed by atoms with van der Waals surface area (Å²) in [5, 5.41) is 3.21. The third kappa shape index (κ3) is 4.39. The molecule has 8 heteroatoms. The number of methoxy groups -OCH3 is 1. The second-order valence-corrected chi connectivity index (χ2v) is 6.33. The van der Waals surface area contributed by atoms with E-state index in [1.54, 1.807) is 7.11 Å². The highest BCUT2D eigenvalue weighted by atomic mass is 16.5. The van der Waals surface area contributed by atoms with Gasteiger partial charge in [0.2, 0.25) is 0 Å². The maximum absolute atomic E-state index is 11.9. The predicted octanol–water partition coefficient (Wildman–Crippen LogP) is 2.59. The third-order valence-electron chi connectivity index (χ3n) is 4.63. The summed E-state index contributed by atoms with van der Waals surface area (Å²) < 4.78 is 10.3. The molecule has 1 aliphatic rings. The van der Waals surface area contributed by atoms with E-state index < -0.39 is 0 Å². The molecule has 0 atom stereocenters. The number of anilines is 4. The summed E-state index contributed by atoms with van der Waals surface area (Å²) in [6, 6.07) is 7.51. The van der Waals surface area contributed by atoms with E-state index in [0.717, 1.165) is 24.3 Å². The average molecular weight is 371 g/mol. The third-order valence-corrected chi connectivity index (χ3v) is 4.63. The topological polar surface area (TPSA) is 103 Å². The number of nitrogens with zero attached hydrogens (tertiary/aromatic N) is 3. The fraction of sp³-hybridized carbons (Fsp3) is 0.421. The molecule has 1 aliphatic heterocycles. The van der Waals surface area contributed by atoms with E-state index >= 15 is 0 Å². The molecule has 8 nitrogen and oxygen atoms in total. The van der Waals surface area contributed by atoms with Crippen LogP contribution in [0.1, 0.15) is 19.8 Å². The van der Waals surface area contributed by atoms with Gasteiger partial charge in [-0.15, -0.1) is 0 Å². The van der Waals surface area contributed by atoms with Gasteiger partial charge in [0, 0.05) is 18.8 Å². The Hall–Kier alpha value is -3.03. The van der Waals surface area contributed by atoms with E-state index in [1.165, 1.54) is 6.33 Å². The summed E-state index contributed by atoms with van der Waals surface area (Å²) in [7, 11) is 1.63. The molecule has 0 radical (unpaired) electrons. The Morgan fingerprint density at radius 3 is 2.59 bits per heavy atom. The molecule has 1 aromatic heterocycles. The van der Waals surface area contributed by atoms with Crippen molar-refractivity contribution in [3.8, 4) is 5.75 Å². The van der Waals surface area contributed by atoms with Crippen LogP contribution in [0, 0.1) is 5.92 Å². The molecule has 0 unspecified atom stereocenters. The van der Waals surface area contributed by atoms with Gasteiger partial charge in [-0.05, 0) is 44.0 Å². The first-order chi connectivity index (χ1) is 13.1. The molecule has 3 N–H and O–H groups in total. The Morgan fingerprint density at radius 2 is 1.96 bits per heavy atom. The maximum atomic E-state index is 11.9. The van der Waals surface area contributed by atoms with Crippen LogP contribution in [-0.4, -0.2) is 42.7 Å². The monoisotopic (exact) mass is 371 g/mol. The van der Waals surface area contributed by atoms with Crippen molar-refractivity contribution in [2.75, 3.05) is 42.8 Å². The highest BCUT2D eigenvalue weighted by molar-refractivity contribution is 5.79. The summed E-state index contributed by atoms with van der Waals surface area (Å²) >= 11 is 0. The number of carbonyl (C=O) groups excluding carboxylic acids is 1. The van der Waals surface area contributed by atoms with Crippen LogP contribution in [0.3, 0.4) is 0 Å². The standard InChI is InChI=1S/C19H25N5O3/c1-3-27-19(25)13-8-10-24(11-9-13)18-16(20)17(21-12-22-18)23-14-4-6-15(26-2)7-5-14/h4-7,12-13H,3,8-11,20H2,1-2H3,(H,21,22,23). The molecule has 2 aromatic rings. The molecular weight excluding hydrogens is 346 g/mol. The summed E-state index contributed by atoms with van der Waals surface area (Å²) in [4.78, 5) is 22.6. The molecule has 2 heterocycles. The Morgan fingerprint density at radius 1 is 1.26 bits per heavy atom. The van der Waals surface area contributed by atoms with E-state index in [2.05, 4.69) is 20.2 Å². The van der Waals surface area contributed by atoms with Crippen molar-refractivity contribution < 1.29 is 14.3 Å². The van der Waals surface area contributed by atoms with Crippen LogP contribution >= 0.6 is 0 Å². The van der Waals surface area contributed by atoms with Gasteiger partial charge < -0.3 is 25.4 Å². The van der Waals surface area contributed by atoms with Crippen LogP contribution < -0.4 is 20.7 Å². The van der Waals surface area contributed by atoms with Crippen LogP contribution in [0.5, 0.6) is 5.75 Å². The van der Waals surface area contributed by atoms with E-state index in [0.29, 0.717) is 37.0 Å². The SMILES string of the molecule is CCOC(=O)C1CCN(c2ncnc(Nc3ccc(OC)cc3)c2N)CC1. The number of nitrogens with two attached hydrogens (primary N) is 1. The summed E-state index contributed by atoms with van der Waals surface area (Å²) in [5.74, 6) is 1.85. The fourth-order valence-electron chi connectivity index (χ4n) is 3.14. The number of rotatable bonds is 6. The second kappa shape index (κ2) is 8.57. The molecule has 0 amide bonds. The van der Waals surface area contributed by atoms with Crippen LogP contribution in [0.4, 0.5) is 23.0 Å². The first-order valence-corrected chi connectivity index (χ1v) is 9.05. The minimum absolute atomic E-state index is 0.0545. The molecule has 1 saturated heterocycles.